The lowest BCUT2D eigenvalue weighted by molar-refractivity contribution is -0.126. The van der Waals surface area contributed by atoms with Gasteiger partial charge < -0.3 is 10.4 Å². The zero-order valence-corrected chi connectivity index (χ0v) is 13.1. The van der Waals surface area contributed by atoms with E-state index >= 15 is 0 Å². The number of nitrogens with zero attached hydrogens (tertiary/aromatic N) is 1. The second-order valence-electron chi connectivity index (χ2n) is 6.01. The Kier molecular flexibility index (Phi) is 6.34. The van der Waals surface area contributed by atoms with Gasteiger partial charge in [0.2, 0.25) is 5.91 Å². The summed E-state index contributed by atoms with van der Waals surface area (Å²) in [5.41, 5.74) is 1.01. The average molecular weight is 308 g/mol. The van der Waals surface area contributed by atoms with Crippen molar-refractivity contribution in [3.8, 4) is 0 Å². The zero-order chi connectivity index (χ0) is 15.9. The first-order valence-electron chi connectivity index (χ1n) is 7.97. The third kappa shape index (κ3) is 4.78. The maximum atomic E-state index is 12.8. The molecule has 5 heteroatoms. The zero-order valence-electron chi connectivity index (χ0n) is 13.1. The predicted molar refractivity (Wildman–Crippen MR) is 84.0 cm³/mol. The van der Waals surface area contributed by atoms with Gasteiger partial charge in [0.15, 0.2) is 0 Å². The van der Waals surface area contributed by atoms with E-state index in [2.05, 4.69) is 10.2 Å². The number of hydrogen-bond donors (Lipinski definition) is 2. The highest BCUT2D eigenvalue weighted by Gasteiger charge is 2.25. The number of hydrogen-bond acceptors (Lipinski definition) is 3. The lowest BCUT2D eigenvalue weighted by Crippen LogP contribution is -2.48. The van der Waals surface area contributed by atoms with E-state index in [9.17, 15) is 9.18 Å². The lowest BCUT2D eigenvalue weighted by atomic mass is 9.97. The average Bonchev–Trinajstić information content (AvgIpc) is 2.56. The van der Waals surface area contributed by atoms with Crippen LogP contribution in [0.3, 0.4) is 0 Å². The van der Waals surface area contributed by atoms with E-state index in [4.69, 9.17) is 5.11 Å². The molecule has 1 aromatic carbocycles. The number of piperidine rings is 1. The molecule has 1 heterocycles. The van der Waals surface area contributed by atoms with Gasteiger partial charge in [0, 0.05) is 13.2 Å². The van der Waals surface area contributed by atoms with Gasteiger partial charge in [-0.1, -0.05) is 12.1 Å². The van der Waals surface area contributed by atoms with Gasteiger partial charge in [0.05, 0.1) is 6.04 Å². The molecule has 2 rings (SSSR count). The maximum absolute atomic E-state index is 12.8. The Morgan fingerprint density at radius 2 is 2.00 bits per heavy atom. The SMILES string of the molecule is C[C@H](C(=O)NCCc1ccc(F)cc1)N1CCC(CO)CC1. The molecule has 1 aliphatic heterocycles. The summed E-state index contributed by atoms with van der Waals surface area (Å²) >= 11 is 0. The fraction of sp³-hybridized carbons (Fsp3) is 0.588. The summed E-state index contributed by atoms with van der Waals surface area (Å²) in [4.78, 5) is 14.3. The Morgan fingerprint density at radius 3 is 2.59 bits per heavy atom. The molecule has 1 aliphatic rings. The molecule has 0 radical (unpaired) electrons. The Hall–Kier alpha value is -1.46. The van der Waals surface area contributed by atoms with Gasteiger partial charge in [-0.05, 0) is 62.9 Å². The Morgan fingerprint density at radius 1 is 1.36 bits per heavy atom. The third-order valence-corrected chi connectivity index (χ3v) is 4.46. The number of benzene rings is 1. The first kappa shape index (κ1) is 16.9. The molecule has 1 atom stereocenters. The second-order valence-corrected chi connectivity index (χ2v) is 6.01. The standard InChI is InChI=1S/C17H25FN2O2/c1-13(20-10-7-15(12-21)8-11-20)17(22)19-9-6-14-2-4-16(18)5-3-14/h2-5,13,15,21H,6-12H2,1H3,(H,19,22)/t13-/m1/s1. The number of aliphatic hydroxyl groups excluding tert-OH is 1. The van der Waals surface area contributed by atoms with Crippen LogP contribution in [0.5, 0.6) is 0 Å². The summed E-state index contributed by atoms with van der Waals surface area (Å²) in [6.45, 7) is 4.44. The van der Waals surface area contributed by atoms with E-state index < -0.39 is 0 Å². The number of halogens is 1. The van der Waals surface area contributed by atoms with Crippen LogP contribution in [0.1, 0.15) is 25.3 Å². The fourth-order valence-corrected chi connectivity index (χ4v) is 2.82. The highest BCUT2D eigenvalue weighted by atomic mass is 19.1. The molecule has 0 spiro atoms. The Bertz CT molecular complexity index is 470. The van der Waals surface area contributed by atoms with Gasteiger partial charge in [-0.2, -0.15) is 0 Å². The number of likely N-dealkylation sites (tertiary alicyclic amines) is 1. The molecule has 0 aromatic heterocycles. The van der Waals surface area contributed by atoms with E-state index in [-0.39, 0.29) is 24.4 Å². The minimum Gasteiger partial charge on any atom is -0.396 e. The summed E-state index contributed by atoms with van der Waals surface area (Å²) in [6.07, 6.45) is 2.60. The number of carbonyl (C=O) groups is 1. The molecular formula is C17H25FN2O2. The summed E-state index contributed by atoms with van der Waals surface area (Å²) < 4.78 is 12.8. The quantitative estimate of drug-likeness (QED) is 0.839. The van der Waals surface area contributed by atoms with Gasteiger partial charge in [0.25, 0.3) is 0 Å². The van der Waals surface area contributed by atoms with Crippen LogP contribution in [-0.2, 0) is 11.2 Å². The molecule has 2 N–H and O–H groups in total. The van der Waals surface area contributed by atoms with E-state index in [1.54, 1.807) is 12.1 Å². The molecule has 122 valence electrons. The van der Waals surface area contributed by atoms with Gasteiger partial charge >= 0.3 is 0 Å². The molecule has 0 aliphatic carbocycles. The number of amides is 1. The molecule has 22 heavy (non-hydrogen) atoms. The first-order chi connectivity index (χ1) is 10.6. The third-order valence-electron chi connectivity index (χ3n) is 4.46. The number of aliphatic hydroxyl groups is 1. The minimum absolute atomic E-state index is 0.0320. The highest BCUT2D eigenvalue weighted by molar-refractivity contribution is 5.81. The predicted octanol–water partition coefficient (Wildman–Crippen LogP) is 1.58. The molecule has 1 aromatic rings. The molecule has 0 saturated carbocycles. The van der Waals surface area contributed by atoms with Crippen molar-refractivity contribution >= 4 is 5.91 Å². The van der Waals surface area contributed by atoms with Gasteiger partial charge in [0.1, 0.15) is 5.82 Å². The van der Waals surface area contributed by atoms with Crippen molar-refractivity contribution in [1.29, 1.82) is 0 Å². The van der Waals surface area contributed by atoms with Gasteiger partial charge in [-0.15, -0.1) is 0 Å². The molecular weight excluding hydrogens is 283 g/mol. The Balaban J connectivity index is 1.71. The van der Waals surface area contributed by atoms with Crippen LogP contribution in [0, 0.1) is 11.7 Å². The number of nitrogens with one attached hydrogen (secondary N) is 1. The van der Waals surface area contributed by atoms with Crippen molar-refractivity contribution in [3.63, 3.8) is 0 Å². The first-order valence-corrected chi connectivity index (χ1v) is 7.97. The van der Waals surface area contributed by atoms with Crippen LogP contribution in [0.25, 0.3) is 0 Å². The van der Waals surface area contributed by atoms with Gasteiger partial charge in [-0.25, -0.2) is 4.39 Å². The minimum atomic E-state index is -0.243. The molecule has 1 amide bonds. The van der Waals surface area contributed by atoms with Gasteiger partial charge in [-0.3, -0.25) is 9.69 Å². The van der Waals surface area contributed by atoms with Crippen LogP contribution < -0.4 is 5.32 Å². The van der Waals surface area contributed by atoms with Crippen molar-refractivity contribution in [1.82, 2.24) is 10.2 Å². The van der Waals surface area contributed by atoms with Crippen molar-refractivity contribution in [2.24, 2.45) is 5.92 Å². The summed E-state index contributed by atoms with van der Waals surface area (Å²) in [5, 5.41) is 12.1. The molecule has 0 unspecified atom stereocenters. The smallest absolute Gasteiger partial charge is 0.237 e. The largest absolute Gasteiger partial charge is 0.396 e. The van der Waals surface area contributed by atoms with E-state index in [1.165, 1.54) is 12.1 Å². The van der Waals surface area contributed by atoms with Crippen LogP contribution in [-0.4, -0.2) is 48.2 Å². The van der Waals surface area contributed by atoms with Crippen LogP contribution >= 0.6 is 0 Å². The summed E-state index contributed by atoms with van der Waals surface area (Å²) in [5.74, 6) is 0.169. The lowest BCUT2D eigenvalue weighted by Gasteiger charge is -2.34. The summed E-state index contributed by atoms with van der Waals surface area (Å²) in [7, 11) is 0. The number of rotatable bonds is 6. The molecule has 0 bridgehead atoms. The van der Waals surface area contributed by atoms with Crippen molar-refractivity contribution < 1.29 is 14.3 Å². The van der Waals surface area contributed by atoms with Crippen LogP contribution in [0.2, 0.25) is 0 Å². The van der Waals surface area contributed by atoms with Crippen molar-refractivity contribution in [2.45, 2.75) is 32.2 Å². The molecule has 1 fully saturated rings. The Labute approximate surface area is 131 Å². The van der Waals surface area contributed by atoms with Crippen LogP contribution in [0.15, 0.2) is 24.3 Å². The number of carbonyl (C=O) groups excluding carboxylic acids is 1. The van der Waals surface area contributed by atoms with E-state index in [1.807, 2.05) is 6.92 Å². The van der Waals surface area contributed by atoms with Crippen molar-refractivity contribution in [3.05, 3.63) is 35.6 Å². The summed E-state index contributed by atoms with van der Waals surface area (Å²) in [6, 6.07) is 6.21. The van der Waals surface area contributed by atoms with E-state index in [0.717, 1.165) is 31.5 Å². The highest BCUT2D eigenvalue weighted by Crippen LogP contribution is 2.18. The van der Waals surface area contributed by atoms with E-state index in [0.29, 0.717) is 18.9 Å². The molecule has 1 saturated heterocycles. The second kappa shape index (κ2) is 8.25. The fourth-order valence-electron chi connectivity index (χ4n) is 2.82. The van der Waals surface area contributed by atoms with Crippen LogP contribution in [0.4, 0.5) is 4.39 Å². The van der Waals surface area contributed by atoms with Crippen molar-refractivity contribution in [2.75, 3.05) is 26.2 Å². The monoisotopic (exact) mass is 308 g/mol. The topological polar surface area (TPSA) is 52.6 Å². The molecule has 4 nitrogen and oxygen atoms in total. The maximum Gasteiger partial charge on any atom is 0.237 e. The normalized spacial score (nSPS) is 18.1.